The average Bonchev–Trinajstić information content (AvgIpc) is 3.70. The highest BCUT2D eigenvalue weighted by Crippen LogP contribution is 2.46. The van der Waals surface area contributed by atoms with Crippen molar-refractivity contribution in [1.29, 1.82) is 10.8 Å². The van der Waals surface area contributed by atoms with Crippen molar-refractivity contribution in [2.24, 2.45) is 11.3 Å². The summed E-state index contributed by atoms with van der Waals surface area (Å²) in [4.78, 5) is 31.4. The number of likely N-dealkylation sites (tertiary alicyclic amines) is 2. The Bertz CT molecular complexity index is 1560. The largest absolute Gasteiger partial charge is 0.416 e. The lowest BCUT2D eigenvalue weighted by atomic mass is 9.73. The van der Waals surface area contributed by atoms with E-state index < -0.39 is 17.6 Å². The lowest BCUT2D eigenvalue weighted by Gasteiger charge is -2.34. The molecule has 1 spiro atoms. The van der Waals surface area contributed by atoms with Crippen LogP contribution in [0.3, 0.4) is 0 Å². The van der Waals surface area contributed by atoms with E-state index in [1.54, 1.807) is 23.1 Å². The number of hydrogen-bond donors (Lipinski definition) is 2. The quantitative estimate of drug-likeness (QED) is 0.181. The van der Waals surface area contributed by atoms with Gasteiger partial charge in [-0.15, -0.1) is 0 Å². The van der Waals surface area contributed by atoms with E-state index >= 15 is 0 Å². The Hall–Kier alpha value is -3.44. The van der Waals surface area contributed by atoms with Gasteiger partial charge >= 0.3 is 6.18 Å². The van der Waals surface area contributed by atoms with Gasteiger partial charge in [-0.1, -0.05) is 36.9 Å². The first-order chi connectivity index (χ1) is 21.4. The Morgan fingerprint density at radius 2 is 1.89 bits per heavy atom. The number of carbonyl (C=O) groups excluding carboxylic acids is 2. The number of thioether (sulfide) groups is 1. The Labute approximate surface area is 265 Å². The van der Waals surface area contributed by atoms with E-state index in [-0.39, 0.29) is 46.9 Å². The fraction of sp³-hybridized carbons (Fsp3) is 0.471. The van der Waals surface area contributed by atoms with Crippen LogP contribution < -0.4 is 4.90 Å². The number of halogens is 3. The molecular formula is C34H38F3N5O2S. The predicted molar refractivity (Wildman–Crippen MR) is 171 cm³/mol. The molecule has 3 atom stereocenters. The molecule has 3 aliphatic heterocycles. The Kier molecular flexibility index (Phi) is 8.45. The van der Waals surface area contributed by atoms with Crippen LogP contribution in [0.1, 0.15) is 83.6 Å². The van der Waals surface area contributed by atoms with Crippen molar-refractivity contribution in [1.82, 2.24) is 9.80 Å². The van der Waals surface area contributed by atoms with Crippen LogP contribution in [0.15, 0.2) is 49.1 Å². The topological polar surface area (TPSA) is 91.6 Å². The normalized spacial score (nSPS) is 23.2. The van der Waals surface area contributed by atoms with Crippen LogP contribution in [0.2, 0.25) is 0 Å². The molecule has 1 aliphatic carbocycles. The van der Waals surface area contributed by atoms with Gasteiger partial charge in [-0.2, -0.15) is 13.2 Å². The van der Waals surface area contributed by atoms with Crippen LogP contribution >= 0.6 is 11.8 Å². The molecule has 1 saturated carbocycles. The third-order valence-electron chi connectivity index (χ3n) is 10.4. The molecule has 4 aliphatic rings. The van der Waals surface area contributed by atoms with Crippen LogP contribution in [-0.2, 0) is 17.5 Å². The molecule has 0 aromatic heterocycles. The summed E-state index contributed by atoms with van der Waals surface area (Å²) in [7, 11) is 0. The Morgan fingerprint density at radius 3 is 2.56 bits per heavy atom. The molecular weight excluding hydrogens is 599 g/mol. The summed E-state index contributed by atoms with van der Waals surface area (Å²) in [5, 5.41) is 16.4. The summed E-state index contributed by atoms with van der Waals surface area (Å²) in [6, 6.07) is 9.78. The van der Waals surface area contributed by atoms with Crippen LogP contribution in [0.4, 0.5) is 18.9 Å². The second kappa shape index (κ2) is 12.1. The Balaban J connectivity index is 1.27. The predicted octanol–water partition coefficient (Wildman–Crippen LogP) is 7.24. The van der Waals surface area contributed by atoms with Crippen molar-refractivity contribution in [3.05, 3.63) is 76.9 Å². The minimum atomic E-state index is -4.63. The SMILES string of the molecule is C=CC(=O)N1CC[C@]2(CCN([C@H](C)c3cc4c(c(C(F)(F)F)c3)CN(c3cccc([C@H](C(=N)SC=N)C5CCC5)c3)C4=O)C2)C1. The van der Waals surface area contributed by atoms with E-state index in [2.05, 4.69) is 11.5 Å². The molecule has 7 nitrogen and oxygen atoms in total. The van der Waals surface area contributed by atoms with Crippen molar-refractivity contribution < 1.29 is 22.8 Å². The smallest absolute Gasteiger partial charge is 0.339 e. The van der Waals surface area contributed by atoms with E-state index in [1.165, 1.54) is 17.0 Å². The molecule has 3 fully saturated rings. The summed E-state index contributed by atoms with van der Waals surface area (Å²) in [5.74, 6) is -0.498. The van der Waals surface area contributed by atoms with Gasteiger partial charge in [0, 0.05) is 48.3 Å². The zero-order valence-corrected chi connectivity index (χ0v) is 26.1. The van der Waals surface area contributed by atoms with E-state index in [0.29, 0.717) is 42.5 Å². The van der Waals surface area contributed by atoms with Gasteiger partial charge in [0.25, 0.3) is 5.91 Å². The standard InChI is InChI=1S/C34H38F3N5O2S/c1-3-29(43)41-13-11-33(19-41)10-12-40(18-33)21(2)24-15-26-27(28(16-24)34(35,36)37)17-42(32(26)44)25-9-5-8-23(14-25)30(22-6-4-7-22)31(39)45-20-38/h3,5,8-9,14-16,20-22,30,38-39H,1,4,6-7,10-13,17-19H2,2H3/t21-,30-,33+/m1/s1. The maximum atomic E-state index is 14.5. The molecule has 6 rings (SSSR count). The maximum Gasteiger partial charge on any atom is 0.416 e. The number of anilines is 1. The van der Waals surface area contributed by atoms with Crippen molar-refractivity contribution in [3.63, 3.8) is 0 Å². The first-order valence-corrected chi connectivity index (χ1v) is 16.4. The number of fused-ring (bicyclic) bond motifs is 1. The first-order valence-electron chi connectivity index (χ1n) is 15.5. The number of benzene rings is 2. The van der Waals surface area contributed by atoms with Crippen molar-refractivity contribution in [2.75, 3.05) is 31.1 Å². The lowest BCUT2D eigenvalue weighted by molar-refractivity contribution is -0.138. The summed E-state index contributed by atoms with van der Waals surface area (Å²) in [6.07, 6.45) is 1.43. The van der Waals surface area contributed by atoms with Gasteiger partial charge in [-0.25, -0.2) is 0 Å². The number of rotatable bonds is 8. The number of alkyl halides is 3. The number of amides is 2. The minimum absolute atomic E-state index is 0.0104. The molecule has 0 bridgehead atoms. The van der Waals surface area contributed by atoms with Crippen LogP contribution in [-0.4, -0.2) is 58.4 Å². The molecule has 2 aromatic carbocycles. The molecule has 238 valence electrons. The average molecular weight is 638 g/mol. The number of nitrogens with one attached hydrogen (secondary N) is 2. The minimum Gasteiger partial charge on any atom is -0.339 e. The van der Waals surface area contributed by atoms with Gasteiger partial charge in [0.15, 0.2) is 0 Å². The highest BCUT2D eigenvalue weighted by atomic mass is 32.2. The van der Waals surface area contributed by atoms with Gasteiger partial charge in [0.1, 0.15) is 0 Å². The lowest BCUT2D eigenvalue weighted by Crippen LogP contribution is -2.34. The number of hydrogen-bond acceptors (Lipinski definition) is 6. The van der Waals surface area contributed by atoms with Crippen molar-refractivity contribution in [2.45, 2.75) is 63.7 Å². The van der Waals surface area contributed by atoms with Crippen molar-refractivity contribution >= 4 is 39.9 Å². The third-order valence-corrected chi connectivity index (χ3v) is 11.0. The summed E-state index contributed by atoms with van der Waals surface area (Å²) in [6.45, 7) is 7.95. The number of nitrogens with zero attached hydrogens (tertiary/aromatic N) is 3. The maximum absolute atomic E-state index is 14.5. The highest BCUT2D eigenvalue weighted by molar-refractivity contribution is 8.24. The summed E-state index contributed by atoms with van der Waals surface area (Å²) >= 11 is 1.06. The van der Waals surface area contributed by atoms with E-state index in [9.17, 15) is 22.8 Å². The fourth-order valence-electron chi connectivity index (χ4n) is 7.66. The van der Waals surface area contributed by atoms with Gasteiger partial charge < -0.3 is 15.2 Å². The van der Waals surface area contributed by atoms with E-state index in [4.69, 9.17) is 10.8 Å². The fourth-order valence-corrected chi connectivity index (χ4v) is 8.27. The van der Waals surface area contributed by atoms with Crippen LogP contribution in [0, 0.1) is 22.2 Å². The zero-order valence-electron chi connectivity index (χ0n) is 25.3. The molecule has 11 heteroatoms. The molecule has 3 heterocycles. The summed E-state index contributed by atoms with van der Waals surface area (Å²) in [5.41, 5.74) is 2.16. The van der Waals surface area contributed by atoms with Crippen molar-refractivity contribution in [3.8, 4) is 0 Å². The van der Waals surface area contributed by atoms with Crippen LogP contribution in [0.5, 0.6) is 0 Å². The second-order valence-electron chi connectivity index (χ2n) is 13.0. The molecule has 2 aromatic rings. The van der Waals surface area contributed by atoms with Crippen LogP contribution in [0.25, 0.3) is 0 Å². The van der Waals surface area contributed by atoms with Gasteiger partial charge in [0.05, 0.1) is 22.7 Å². The Morgan fingerprint density at radius 1 is 1.13 bits per heavy atom. The van der Waals surface area contributed by atoms with Gasteiger partial charge in [-0.05, 0) is 92.1 Å². The highest BCUT2D eigenvalue weighted by Gasteiger charge is 2.46. The molecule has 2 amide bonds. The van der Waals surface area contributed by atoms with Gasteiger partial charge in [-0.3, -0.25) is 19.9 Å². The molecule has 45 heavy (non-hydrogen) atoms. The van der Waals surface area contributed by atoms with E-state index in [0.717, 1.165) is 55.0 Å². The van der Waals surface area contributed by atoms with E-state index in [1.807, 2.05) is 19.1 Å². The summed E-state index contributed by atoms with van der Waals surface area (Å²) < 4.78 is 43.6. The second-order valence-corrected chi connectivity index (χ2v) is 13.9. The molecule has 0 radical (unpaired) electrons. The molecule has 2 N–H and O–H groups in total. The monoisotopic (exact) mass is 637 g/mol. The molecule has 2 saturated heterocycles. The zero-order chi connectivity index (χ0) is 32.1. The third kappa shape index (κ3) is 5.85. The molecule has 0 unspecified atom stereocenters. The van der Waals surface area contributed by atoms with Gasteiger partial charge in [0.2, 0.25) is 5.91 Å². The first kappa shape index (κ1) is 31.5. The number of carbonyl (C=O) groups is 2.